The van der Waals surface area contributed by atoms with Gasteiger partial charge in [0.25, 0.3) is 5.56 Å². The Hall–Kier alpha value is -3.88. The molecule has 9 heteroatoms. The topological polar surface area (TPSA) is 109 Å². The lowest BCUT2D eigenvalue weighted by Crippen LogP contribution is -2.45. The number of benzene rings is 2. The number of nitrogens with zero attached hydrogens (tertiary/aromatic N) is 2. The summed E-state index contributed by atoms with van der Waals surface area (Å²) >= 11 is 0. The standard InChI is InChI=1S/C22H23N3O6/c1-29-18-10-15-16(11-19(18)30-2)23-13-25(21(15)27)12-20(26)24-17(22(28)31-3)9-14-7-5-4-6-8-14/h4-8,10-11,13,17H,9,12H2,1-3H3,(H,24,26)/t17-/m0/s1. The number of esters is 1. The van der Waals surface area contributed by atoms with Crippen LogP contribution in [0, 0.1) is 0 Å². The van der Waals surface area contributed by atoms with Crippen molar-refractivity contribution >= 4 is 22.8 Å². The van der Waals surface area contributed by atoms with Gasteiger partial charge in [0.2, 0.25) is 5.91 Å². The van der Waals surface area contributed by atoms with Crippen molar-refractivity contribution in [3.63, 3.8) is 0 Å². The number of ether oxygens (including phenoxy) is 3. The van der Waals surface area contributed by atoms with Crippen molar-refractivity contribution in [2.75, 3.05) is 21.3 Å². The van der Waals surface area contributed by atoms with Crippen molar-refractivity contribution in [2.45, 2.75) is 19.0 Å². The van der Waals surface area contributed by atoms with E-state index in [1.807, 2.05) is 30.3 Å². The van der Waals surface area contributed by atoms with E-state index in [2.05, 4.69) is 10.3 Å². The zero-order valence-corrected chi connectivity index (χ0v) is 17.5. The van der Waals surface area contributed by atoms with Crippen molar-refractivity contribution in [3.8, 4) is 11.5 Å². The first kappa shape index (κ1) is 21.8. The van der Waals surface area contributed by atoms with Gasteiger partial charge < -0.3 is 19.5 Å². The summed E-state index contributed by atoms with van der Waals surface area (Å²) in [6.07, 6.45) is 1.54. The summed E-state index contributed by atoms with van der Waals surface area (Å²) < 4.78 is 16.4. The van der Waals surface area contributed by atoms with Crippen molar-refractivity contribution in [2.24, 2.45) is 0 Å². The number of hydrogen-bond donors (Lipinski definition) is 1. The molecule has 0 aliphatic rings. The van der Waals surface area contributed by atoms with Gasteiger partial charge in [0.1, 0.15) is 12.6 Å². The van der Waals surface area contributed by atoms with Crippen LogP contribution in [0.15, 0.2) is 53.6 Å². The van der Waals surface area contributed by atoms with Crippen molar-refractivity contribution in [1.82, 2.24) is 14.9 Å². The maximum atomic E-state index is 12.9. The summed E-state index contributed by atoms with van der Waals surface area (Å²) in [5.74, 6) is -0.267. The average Bonchev–Trinajstić information content (AvgIpc) is 2.79. The minimum atomic E-state index is -0.881. The highest BCUT2D eigenvalue weighted by molar-refractivity contribution is 5.85. The van der Waals surface area contributed by atoms with Gasteiger partial charge in [-0.1, -0.05) is 30.3 Å². The summed E-state index contributed by atoms with van der Waals surface area (Å²) in [7, 11) is 4.21. The summed E-state index contributed by atoms with van der Waals surface area (Å²) in [4.78, 5) is 41.8. The van der Waals surface area contributed by atoms with Crippen LogP contribution < -0.4 is 20.3 Å². The van der Waals surface area contributed by atoms with Crippen LogP contribution >= 0.6 is 0 Å². The summed E-state index contributed by atoms with van der Waals surface area (Å²) in [6.45, 7) is -0.307. The van der Waals surface area contributed by atoms with E-state index in [9.17, 15) is 14.4 Å². The molecule has 0 aliphatic carbocycles. The largest absolute Gasteiger partial charge is 0.493 e. The number of hydrogen-bond acceptors (Lipinski definition) is 7. The molecule has 0 saturated carbocycles. The fraction of sp³-hybridized carbons (Fsp3) is 0.273. The minimum Gasteiger partial charge on any atom is -0.493 e. The molecule has 0 spiro atoms. The molecule has 9 nitrogen and oxygen atoms in total. The van der Waals surface area contributed by atoms with E-state index in [0.717, 1.165) is 5.56 Å². The first-order valence-corrected chi connectivity index (χ1v) is 9.49. The lowest BCUT2D eigenvalue weighted by atomic mass is 10.1. The maximum Gasteiger partial charge on any atom is 0.328 e. The van der Waals surface area contributed by atoms with Crippen molar-refractivity contribution in [3.05, 3.63) is 64.7 Å². The monoisotopic (exact) mass is 425 g/mol. The smallest absolute Gasteiger partial charge is 0.328 e. The third-order valence-corrected chi connectivity index (χ3v) is 4.75. The normalized spacial score (nSPS) is 11.6. The third kappa shape index (κ3) is 5.00. The van der Waals surface area contributed by atoms with Crippen LogP contribution in [0.3, 0.4) is 0 Å². The number of nitrogens with one attached hydrogen (secondary N) is 1. The number of methoxy groups -OCH3 is 3. The molecule has 1 heterocycles. The molecular weight excluding hydrogens is 402 g/mol. The molecule has 1 atom stereocenters. The highest BCUT2D eigenvalue weighted by Crippen LogP contribution is 2.29. The number of carbonyl (C=O) groups is 2. The SMILES string of the molecule is COC(=O)[C@H](Cc1ccccc1)NC(=O)Cn1cnc2cc(OC)c(OC)cc2c1=O. The average molecular weight is 425 g/mol. The number of rotatable bonds is 8. The first-order valence-electron chi connectivity index (χ1n) is 9.49. The van der Waals surface area contributed by atoms with Gasteiger partial charge in [0.15, 0.2) is 11.5 Å². The molecule has 3 rings (SSSR count). The molecule has 1 aromatic heterocycles. The third-order valence-electron chi connectivity index (χ3n) is 4.75. The van der Waals surface area contributed by atoms with Gasteiger partial charge in [-0.05, 0) is 11.6 Å². The Bertz CT molecular complexity index is 1140. The predicted octanol–water partition coefficient (Wildman–Crippen LogP) is 1.31. The lowest BCUT2D eigenvalue weighted by Gasteiger charge is -2.17. The zero-order chi connectivity index (χ0) is 22.4. The molecule has 0 unspecified atom stereocenters. The Labute approximate surface area is 178 Å². The van der Waals surface area contributed by atoms with Crippen molar-refractivity contribution < 1.29 is 23.8 Å². The van der Waals surface area contributed by atoms with Gasteiger partial charge in [0, 0.05) is 12.5 Å². The molecule has 0 fully saturated rings. The molecule has 0 radical (unpaired) electrons. The van der Waals surface area contributed by atoms with E-state index in [4.69, 9.17) is 14.2 Å². The second kappa shape index (κ2) is 9.75. The fourth-order valence-electron chi connectivity index (χ4n) is 3.18. The van der Waals surface area contributed by atoms with Crippen molar-refractivity contribution in [1.29, 1.82) is 0 Å². The molecule has 31 heavy (non-hydrogen) atoms. The number of fused-ring (bicyclic) bond motifs is 1. The van der Waals surface area contributed by atoms with Gasteiger partial charge in [-0.15, -0.1) is 0 Å². The van der Waals surface area contributed by atoms with E-state index in [0.29, 0.717) is 17.0 Å². The second-order valence-electron chi connectivity index (χ2n) is 6.73. The maximum absolute atomic E-state index is 12.9. The Kier molecular flexibility index (Phi) is 6.86. The van der Waals surface area contributed by atoms with Gasteiger partial charge in [0.05, 0.1) is 38.6 Å². The lowest BCUT2D eigenvalue weighted by molar-refractivity contribution is -0.145. The summed E-state index contributed by atoms with van der Waals surface area (Å²) in [6, 6.07) is 11.5. The van der Waals surface area contributed by atoms with Crippen LogP contribution in [-0.2, 0) is 27.3 Å². The van der Waals surface area contributed by atoms with Gasteiger partial charge in [-0.25, -0.2) is 9.78 Å². The Morgan fingerprint density at radius 2 is 1.74 bits per heavy atom. The highest BCUT2D eigenvalue weighted by Gasteiger charge is 2.22. The second-order valence-corrected chi connectivity index (χ2v) is 6.73. The molecule has 0 aliphatic heterocycles. The van der Waals surface area contributed by atoms with E-state index in [-0.39, 0.29) is 18.4 Å². The highest BCUT2D eigenvalue weighted by atomic mass is 16.5. The predicted molar refractivity (Wildman–Crippen MR) is 113 cm³/mol. The molecule has 0 saturated heterocycles. The number of aromatic nitrogens is 2. The first-order chi connectivity index (χ1) is 15.0. The van der Waals surface area contributed by atoms with E-state index < -0.39 is 23.5 Å². The summed E-state index contributed by atoms with van der Waals surface area (Å²) in [5.41, 5.74) is 0.860. The Balaban J connectivity index is 1.81. The van der Waals surface area contributed by atoms with Crippen LogP contribution in [0.4, 0.5) is 0 Å². The fourth-order valence-corrected chi connectivity index (χ4v) is 3.18. The van der Waals surface area contributed by atoms with E-state index >= 15 is 0 Å². The number of carbonyl (C=O) groups excluding carboxylic acids is 2. The minimum absolute atomic E-state index is 0.265. The van der Waals surface area contributed by atoms with E-state index in [1.165, 1.54) is 38.3 Å². The van der Waals surface area contributed by atoms with Gasteiger partial charge >= 0.3 is 5.97 Å². The summed E-state index contributed by atoms with van der Waals surface area (Å²) in [5, 5.41) is 2.91. The molecule has 162 valence electrons. The molecule has 1 N–H and O–H groups in total. The van der Waals surface area contributed by atoms with Crippen LogP contribution in [0.1, 0.15) is 5.56 Å². The molecular formula is C22H23N3O6. The van der Waals surface area contributed by atoms with Gasteiger partial charge in [-0.3, -0.25) is 14.2 Å². The quantitative estimate of drug-likeness (QED) is 0.542. The number of amides is 1. The van der Waals surface area contributed by atoms with Gasteiger partial charge in [-0.2, -0.15) is 0 Å². The van der Waals surface area contributed by atoms with E-state index in [1.54, 1.807) is 6.07 Å². The van der Waals surface area contributed by atoms with Crippen LogP contribution in [-0.4, -0.2) is 48.8 Å². The van der Waals surface area contributed by atoms with Crippen LogP contribution in [0.2, 0.25) is 0 Å². The molecule has 2 aromatic carbocycles. The van der Waals surface area contributed by atoms with Crippen LogP contribution in [0.5, 0.6) is 11.5 Å². The Morgan fingerprint density at radius 3 is 2.39 bits per heavy atom. The van der Waals surface area contributed by atoms with Crippen LogP contribution in [0.25, 0.3) is 10.9 Å². The molecule has 0 bridgehead atoms. The zero-order valence-electron chi connectivity index (χ0n) is 17.5. The molecule has 1 amide bonds. The molecule has 3 aromatic rings. The Morgan fingerprint density at radius 1 is 1.06 bits per heavy atom.